The minimum absolute atomic E-state index is 0.0135. The number of ether oxygens (including phenoxy) is 2. The van der Waals surface area contributed by atoms with Gasteiger partial charge >= 0.3 is 11.7 Å². The zero-order valence-electron chi connectivity index (χ0n) is 13.6. The number of nitro groups is 1. The van der Waals surface area contributed by atoms with Crippen LogP contribution < -0.4 is 9.47 Å². The molecule has 24 heavy (non-hydrogen) atoms. The highest BCUT2D eigenvalue weighted by atomic mass is 16.6. The van der Waals surface area contributed by atoms with Crippen LogP contribution >= 0.6 is 0 Å². The monoisotopic (exact) mass is 331 g/mol. The molecule has 128 valence electrons. The van der Waals surface area contributed by atoms with Crippen LogP contribution in [0.5, 0.6) is 11.5 Å². The molecule has 1 aromatic rings. The van der Waals surface area contributed by atoms with E-state index >= 15 is 0 Å². The first-order valence-corrected chi connectivity index (χ1v) is 8.59. The second kappa shape index (κ2) is 5.76. The standard InChI is InChI=1S/C18H21NO5/c1-23-14-2-3-16(15(9-14)19(21)22)24-18(20)17-12-5-10-4-11(7-12)8-13(17)6-10/h2-3,9-13,17H,4-8H2,1H3. The van der Waals surface area contributed by atoms with Gasteiger partial charge in [-0.15, -0.1) is 0 Å². The van der Waals surface area contributed by atoms with Crippen molar-refractivity contribution in [3.05, 3.63) is 28.3 Å². The summed E-state index contributed by atoms with van der Waals surface area (Å²) in [5.41, 5.74) is -0.230. The van der Waals surface area contributed by atoms with Crippen LogP contribution in [0.2, 0.25) is 0 Å². The van der Waals surface area contributed by atoms with Crippen LogP contribution in [-0.4, -0.2) is 18.0 Å². The van der Waals surface area contributed by atoms with Gasteiger partial charge in [-0.2, -0.15) is 0 Å². The van der Waals surface area contributed by atoms with Gasteiger partial charge in [0, 0.05) is 0 Å². The van der Waals surface area contributed by atoms with Crippen LogP contribution in [-0.2, 0) is 4.79 Å². The number of hydrogen-bond acceptors (Lipinski definition) is 5. The largest absolute Gasteiger partial charge is 0.496 e. The molecule has 0 aliphatic heterocycles. The molecule has 4 aliphatic rings. The second-order valence-corrected chi connectivity index (χ2v) is 7.47. The molecule has 6 heteroatoms. The number of nitro benzene ring substituents is 1. The first-order chi connectivity index (χ1) is 11.5. The van der Waals surface area contributed by atoms with Gasteiger partial charge in [-0.25, -0.2) is 0 Å². The van der Waals surface area contributed by atoms with Crippen LogP contribution in [0.1, 0.15) is 32.1 Å². The van der Waals surface area contributed by atoms with Crippen molar-refractivity contribution >= 4 is 11.7 Å². The Kier molecular flexibility index (Phi) is 3.70. The van der Waals surface area contributed by atoms with E-state index in [0.29, 0.717) is 17.6 Å². The van der Waals surface area contributed by atoms with Crippen molar-refractivity contribution in [3.8, 4) is 11.5 Å². The van der Waals surface area contributed by atoms with Gasteiger partial charge in [0.15, 0.2) is 0 Å². The fourth-order valence-electron chi connectivity index (χ4n) is 5.34. The lowest BCUT2D eigenvalue weighted by Gasteiger charge is -2.53. The third kappa shape index (κ3) is 2.54. The zero-order chi connectivity index (χ0) is 16.8. The molecule has 0 N–H and O–H groups in total. The number of rotatable bonds is 4. The Bertz CT molecular complexity index is 658. The summed E-state index contributed by atoms with van der Waals surface area (Å²) in [5.74, 6) is 2.32. The molecule has 0 amide bonds. The van der Waals surface area contributed by atoms with Crippen LogP contribution in [0.3, 0.4) is 0 Å². The van der Waals surface area contributed by atoms with Crippen LogP contribution in [0.4, 0.5) is 5.69 Å². The average molecular weight is 331 g/mol. The number of nitrogens with zero attached hydrogens (tertiary/aromatic N) is 1. The van der Waals surface area contributed by atoms with Crippen LogP contribution in [0, 0.1) is 39.7 Å². The lowest BCUT2D eigenvalue weighted by Crippen LogP contribution is -2.49. The minimum Gasteiger partial charge on any atom is -0.496 e. The van der Waals surface area contributed by atoms with Crippen molar-refractivity contribution in [2.75, 3.05) is 7.11 Å². The molecule has 0 saturated heterocycles. The first-order valence-electron chi connectivity index (χ1n) is 8.59. The molecule has 6 nitrogen and oxygen atoms in total. The fraction of sp³-hybridized carbons (Fsp3) is 0.611. The lowest BCUT2D eigenvalue weighted by atomic mass is 9.52. The maximum absolute atomic E-state index is 12.8. The second-order valence-electron chi connectivity index (χ2n) is 7.47. The zero-order valence-corrected chi connectivity index (χ0v) is 13.6. The first kappa shape index (κ1) is 15.4. The Morgan fingerprint density at radius 2 is 1.75 bits per heavy atom. The van der Waals surface area contributed by atoms with Gasteiger partial charge in [0.2, 0.25) is 5.75 Å². The molecular formula is C18H21NO5. The SMILES string of the molecule is COc1ccc(OC(=O)C2C3CC4CC(C3)CC2C4)c([N+](=O)[O-])c1. The quantitative estimate of drug-likeness (QED) is 0.365. The third-order valence-corrected chi connectivity index (χ3v) is 6.07. The number of hydrogen-bond donors (Lipinski definition) is 0. The molecule has 0 radical (unpaired) electrons. The number of carbonyl (C=O) groups is 1. The van der Waals surface area contributed by atoms with E-state index in [1.165, 1.54) is 25.7 Å². The molecule has 0 aromatic heterocycles. The molecule has 0 unspecified atom stereocenters. The summed E-state index contributed by atoms with van der Waals surface area (Å²) in [5, 5.41) is 11.3. The maximum atomic E-state index is 12.8. The number of esters is 1. The van der Waals surface area contributed by atoms with Gasteiger partial charge < -0.3 is 9.47 Å². The summed E-state index contributed by atoms with van der Waals surface area (Å²) >= 11 is 0. The summed E-state index contributed by atoms with van der Waals surface area (Å²) in [6.07, 6.45) is 5.75. The summed E-state index contributed by atoms with van der Waals surface area (Å²) in [6.45, 7) is 0. The van der Waals surface area contributed by atoms with E-state index in [-0.39, 0.29) is 23.3 Å². The van der Waals surface area contributed by atoms with Crippen molar-refractivity contribution in [3.63, 3.8) is 0 Å². The number of methoxy groups -OCH3 is 1. The predicted molar refractivity (Wildman–Crippen MR) is 85.8 cm³/mol. The average Bonchev–Trinajstić information content (AvgIpc) is 2.54. The summed E-state index contributed by atoms with van der Waals surface area (Å²) in [6, 6.07) is 4.32. The lowest BCUT2D eigenvalue weighted by molar-refractivity contribution is -0.385. The highest BCUT2D eigenvalue weighted by Crippen LogP contribution is 2.56. The minimum atomic E-state index is -0.540. The van der Waals surface area contributed by atoms with E-state index in [2.05, 4.69) is 0 Å². The van der Waals surface area contributed by atoms with Crippen LogP contribution in [0.25, 0.3) is 0 Å². The van der Waals surface area contributed by atoms with Gasteiger partial charge in [-0.3, -0.25) is 14.9 Å². The predicted octanol–water partition coefficient (Wildman–Crippen LogP) is 3.58. The van der Waals surface area contributed by atoms with Gasteiger partial charge in [0.05, 0.1) is 24.0 Å². The highest BCUT2D eigenvalue weighted by molar-refractivity contribution is 5.77. The van der Waals surface area contributed by atoms with E-state index in [1.807, 2.05) is 0 Å². The van der Waals surface area contributed by atoms with E-state index in [0.717, 1.165) is 37.5 Å². The van der Waals surface area contributed by atoms with Crippen LogP contribution in [0.15, 0.2) is 18.2 Å². The van der Waals surface area contributed by atoms with Gasteiger partial charge in [-0.1, -0.05) is 0 Å². The van der Waals surface area contributed by atoms with E-state index in [9.17, 15) is 14.9 Å². The van der Waals surface area contributed by atoms with Crippen molar-refractivity contribution in [2.24, 2.45) is 29.6 Å². The Morgan fingerprint density at radius 1 is 1.12 bits per heavy atom. The van der Waals surface area contributed by atoms with Gasteiger partial charge in [0.1, 0.15) is 5.75 Å². The molecule has 0 atom stereocenters. The Morgan fingerprint density at radius 3 is 2.29 bits per heavy atom. The van der Waals surface area contributed by atoms with E-state index < -0.39 is 4.92 Å². The van der Waals surface area contributed by atoms with Crippen molar-refractivity contribution in [2.45, 2.75) is 32.1 Å². The molecule has 4 bridgehead atoms. The molecule has 4 aliphatic carbocycles. The molecular weight excluding hydrogens is 310 g/mol. The van der Waals surface area contributed by atoms with Crippen molar-refractivity contribution < 1.29 is 19.2 Å². The molecule has 4 saturated carbocycles. The van der Waals surface area contributed by atoms with Crippen molar-refractivity contribution in [1.29, 1.82) is 0 Å². The number of carbonyl (C=O) groups excluding carboxylic acids is 1. The third-order valence-electron chi connectivity index (χ3n) is 6.07. The Labute approximate surface area is 140 Å². The Balaban J connectivity index is 1.55. The highest BCUT2D eigenvalue weighted by Gasteiger charge is 2.51. The van der Waals surface area contributed by atoms with Gasteiger partial charge in [0.25, 0.3) is 0 Å². The number of benzene rings is 1. The van der Waals surface area contributed by atoms with E-state index in [1.54, 1.807) is 6.07 Å². The normalized spacial score (nSPS) is 33.3. The molecule has 0 spiro atoms. The molecule has 1 aromatic carbocycles. The maximum Gasteiger partial charge on any atom is 0.315 e. The topological polar surface area (TPSA) is 78.7 Å². The van der Waals surface area contributed by atoms with Gasteiger partial charge in [-0.05, 0) is 67.9 Å². The molecule has 5 rings (SSSR count). The summed E-state index contributed by atoms with van der Waals surface area (Å²) in [4.78, 5) is 23.5. The Hall–Kier alpha value is -2.11. The summed E-state index contributed by atoms with van der Waals surface area (Å²) in [7, 11) is 1.44. The fourth-order valence-corrected chi connectivity index (χ4v) is 5.34. The van der Waals surface area contributed by atoms with Crippen molar-refractivity contribution in [1.82, 2.24) is 0 Å². The smallest absolute Gasteiger partial charge is 0.315 e. The summed E-state index contributed by atoms with van der Waals surface area (Å²) < 4.78 is 10.5. The molecule has 0 heterocycles. The van der Waals surface area contributed by atoms with E-state index in [4.69, 9.17) is 9.47 Å². The molecule has 4 fully saturated rings.